The second-order valence-electron chi connectivity index (χ2n) is 7.29. The first-order valence-corrected chi connectivity index (χ1v) is 7.19. The first-order chi connectivity index (χ1) is 9.46. The van der Waals surface area contributed by atoms with Crippen molar-refractivity contribution in [1.29, 1.82) is 0 Å². The largest absolute Gasteiger partial charge is 0.507 e. The Morgan fingerprint density at radius 3 is 1.81 bits per heavy atom. The molecule has 21 heavy (non-hydrogen) atoms. The highest BCUT2D eigenvalue weighted by Crippen LogP contribution is 2.41. The Bertz CT molecular complexity index is 520. The molecule has 3 nitrogen and oxygen atoms in total. The normalized spacial score (nSPS) is 12.7. The number of allylic oxidation sites excluding steroid dienone is 1. The molecule has 0 saturated carbocycles. The third-order valence-corrected chi connectivity index (χ3v) is 3.22. The number of carbonyl (C=O) groups excluding carboxylic acids is 1. The lowest BCUT2D eigenvalue weighted by Gasteiger charge is -2.27. The van der Waals surface area contributed by atoms with E-state index < -0.39 is 5.97 Å². The summed E-state index contributed by atoms with van der Waals surface area (Å²) < 4.78 is 5.34. The highest BCUT2D eigenvalue weighted by atomic mass is 16.5. The van der Waals surface area contributed by atoms with E-state index in [9.17, 15) is 9.90 Å². The first-order valence-electron chi connectivity index (χ1n) is 7.19. The zero-order valence-electron chi connectivity index (χ0n) is 14.1. The fourth-order valence-corrected chi connectivity index (χ4v) is 2.10. The van der Waals surface area contributed by atoms with Crippen LogP contribution in [0, 0.1) is 0 Å². The molecule has 0 bridgehead atoms. The quantitative estimate of drug-likeness (QED) is 0.496. The first kappa shape index (κ1) is 17.3. The third-order valence-electron chi connectivity index (χ3n) is 3.22. The van der Waals surface area contributed by atoms with Gasteiger partial charge in [-0.25, -0.2) is 4.79 Å². The van der Waals surface area contributed by atoms with E-state index in [0.29, 0.717) is 5.75 Å². The van der Waals surface area contributed by atoms with E-state index in [2.05, 4.69) is 0 Å². The third kappa shape index (κ3) is 4.35. The monoisotopic (exact) mass is 290 g/mol. The number of benzene rings is 1. The molecule has 0 heterocycles. The Morgan fingerprint density at radius 2 is 1.48 bits per heavy atom. The van der Waals surface area contributed by atoms with E-state index in [1.807, 2.05) is 41.5 Å². The molecule has 0 saturated heterocycles. The zero-order valence-corrected chi connectivity index (χ0v) is 14.1. The molecule has 0 fully saturated rings. The van der Waals surface area contributed by atoms with Crippen LogP contribution in [-0.2, 0) is 15.6 Å². The van der Waals surface area contributed by atoms with Crippen LogP contribution in [-0.4, -0.2) is 11.1 Å². The van der Waals surface area contributed by atoms with Crippen molar-refractivity contribution in [2.75, 3.05) is 0 Å². The predicted molar refractivity (Wildman–Crippen MR) is 86.0 cm³/mol. The highest BCUT2D eigenvalue weighted by molar-refractivity contribution is 5.84. The average molecular weight is 290 g/mol. The Hall–Kier alpha value is -1.77. The summed E-state index contributed by atoms with van der Waals surface area (Å²) in [7, 11) is 0. The van der Waals surface area contributed by atoms with Gasteiger partial charge in [-0.1, -0.05) is 47.6 Å². The SMILES string of the molecule is CC=CC(=O)Oc1cc(C(C)(C)C)c(O)c(C(C)(C)C)c1. The van der Waals surface area contributed by atoms with Crippen molar-refractivity contribution >= 4 is 5.97 Å². The van der Waals surface area contributed by atoms with Crippen LogP contribution in [0.25, 0.3) is 0 Å². The molecule has 1 rings (SSSR count). The van der Waals surface area contributed by atoms with Gasteiger partial charge >= 0.3 is 5.97 Å². The fourth-order valence-electron chi connectivity index (χ4n) is 2.10. The molecule has 1 N–H and O–H groups in total. The molecule has 0 aliphatic rings. The number of phenolic OH excluding ortho intramolecular Hbond substituents is 1. The second-order valence-corrected chi connectivity index (χ2v) is 7.29. The topological polar surface area (TPSA) is 46.5 Å². The van der Waals surface area contributed by atoms with Gasteiger partial charge in [0.15, 0.2) is 0 Å². The molecule has 0 amide bonds. The molecule has 0 radical (unpaired) electrons. The van der Waals surface area contributed by atoms with Crippen molar-refractivity contribution in [3.05, 3.63) is 35.4 Å². The summed E-state index contributed by atoms with van der Waals surface area (Å²) in [6, 6.07) is 3.48. The molecule has 0 unspecified atom stereocenters. The van der Waals surface area contributed by atoms with Gasteiger partial charge in [0.05, 0.1) is 0 Å². The summed E-state index contributed by atoms with van der Waals surface area (Å²) in [6.45, 7) is 13.9. The van der Waals surface area contributed by atoms with Gasteiger partial charge in [-0.2, -0.15) is 0 Å². The van der Waals surface area contributed by atoms with Crippen molar-refractivity contribution in [3.63, 3.8) is 0 Å². The summed E-state index contributed by atoms with van der Waals surface area (Å²) in [6.07, 6.45) is 3.01. The number of rotatable bonds is 2. The van der Waals surface area contributed by atoms with E-state index in [0.717, 1.165) is 11.1 Å². The average Bonchev–Trinajstić information content (AvgIpc) is 2.28. The molecular weight excluding hydrogens is 264 g/mol. The Morgan fingerprint density at radius 1 is 1.05 bits per heavy atom. The predicted octanol–water partition coefficient (Wildman–Crippen LogP) is 4.47. The number of aromatic hydroxyl groups is 1. The maximum atomic E-state index is 11.6. The minimum atomic E-state index is -0.414. The summed E-state index contributed by atoms with van der Waals surface area (Å²) in [5.41, 5.74) is 1.07. The molecule has 0 aliphatic carbocycles. The van der Waals surface area contributed by atoms with Gasteiger partial charge in [-0.05, 0) is 29.9 Å². The minimum Gasteiger partial charge on any atom is -0.507 e. The zero-order chi connectivity index (χ0) is 16.4. The van der Waals surface area contributed by atoms with Crippen molar-refractivity contribution in [2.24, 2.45) is 0 Å². The van der Waals surface area contributed by atoms with E-state index in [1.54, 1.807) is 25.1 Å². The van der Waals surface area contributed by atoms with Crippen molar-refractivity contribution in [1.82, 2.24) is 0 Å². The number of hydrogen-bond donors (Lipinski definition) is 1. The van der Waals surface area contributed by atoms with Crippen molar-refractivity contribution < 1.29 is 14.6 Å². The van der Waals surface area contributed by atoms with Crippen LogP contribution in [0.5, 0.6) is 11.5 Å². The van der Waals surface area contributed by atoms with E-state index in [-0.39, 0.29) is 16.6 Å². The standard InChI is InChI=1S/C18H26O3/c1-8-9-15(19)21-12-10-13(17(2,3)4)16(20)14(11-12)18(5,6)7/h8-11,20H,1-7H3. The maximum Gasteiger partial charge on any atom is 0.335 e. The lowest BCUT2D eigenvalue weighted by molar-refractivity contribution is -0.129. The lowest BCUT2D eigenvalue weighted by Crippen LogP contribution is -2.18. The van der Waals surface area contributed by atoms with E-state index in [4.69, 9.17) is 4.74 Å². The van der Waals surface area contributed by atoms with Gasteiger partial charge < -0.3 is 9.84 Å². The van der Waals surface area contributed by atoms with Gasteiger partial charge in [-0.15, -0.1) is 0 Å². The summed E-state index contributed by atoms with van der Waals surface area (Å²) in [4.78, 5) is 11.6. The smallest absolute Gasteiger partial charge is 0.335 e. The molecule has 0 aliphatic heterocycles. The molecule has 3 heteroatoms. The number of phenols is 1. The second kappa shape index (κ2) is 5.92. The van der Waals surface area contributed by atoms with Crippen LogP contribution in [0.1, 0.15) is 59.6 Å². The Balaban J connectivity index is 3.44. The maximum absolute atomic E-state index is 11.6. The van der Waals surface area contributed by atoms with Crippen LogP contribution >= 0.6 is 0 Å². The molecule has 0 aromatic heterocycles. The molecular formula is C18H26O3. The molecule has 1 aromatic rings. The minimum absolute atomic E-state index is 0.243. The lowest BCUT2D eigenvalue weighted by atomic mass is 9.79. The number of carbonyl (C=O) groups is 1. The van der Waals surface area contributed by atoms with Crippen molar-refractivity contribution in [2.45, 2.75) is 59.3 Å². The summed E-state index contributed by atoms with van der Waals surface area (Å²) in [5.74, 6) is 0.328. The van der Waals surface area contributed by atoms with Gasteiger partial charge in [0.2, 0.25) is 0 Å². The summed E-state index contributed by atoms with van der Waals surface area (Å²) >= 11 is 0. The number of ether oxygens (including phenoxy) is 1. The highest BCUT2D eigenvalue weighted by Gasteiger charge is 2.27. The number of esters is 1. The molecule has 1 aromatic carbocycles. The molecule has 0 atom stereocenters. The Kier molecular flexibility index (Phi) is 4.87. The molecule has 116 valence electrons. The van der Waals surface area contributed by atoms with E-state index >= 15 is 0 Å². The van der Waals surface area contributed by atoms with Gasteiger partial charge in [0, 0.05) is 17.2 Å². The van der Waals surface area contributed by atoms with Crippen LogP contribution in [0.15, 0.2) is 24.3 Å². The summed E-state index contributed by atoms with van der Waals surface area (Å²) in [5, 5.41) is 10.6. The van der Waals surface area contributed by atoms with Crippen LogP contribution in [0.2, 0.25) is 0 Å². The van der Waals surface area contributed by atoms with Crippen molar-refractivity contribution in [3.8, 4) is 11.5 Å². The van der Waals surface area contributed by atoms with Crippen LogP contribution < -0.4 is 4.74 Å². The van der Waals surface area contributed by atoms with Crippen LogP contribution in [0.3, 0.4) is 0 Å². The fraction of sp³-hybridized carbons (Fsp3) is 0.500. The molecule has 0 spiro atoms. The van der Waals surface area contributed by atoms with Gasteiger partial charge in [0.1, 0.15) is 11.5 Å². The number of hydrogen-bond acceptors (Lipinski definition) is 3. The van der Waals surface area contributed by atoms with Crippen LogP contribution in [0.4, 0.5) is 0 Å². The van der Waals surface area contributed by atoms with Gasteiger partial charge in [-0.3, -0.25) is 0 Å². The van der Waals surface area contributed by atoms with Gasteiger partial charge in [0.25, 0.3) is 0 Å². The van der Waals surface area contributed by atoms with E-state index in [1.165, 1.54) is 6.08 Å². The Labute approximate surface area is 127 Å².